The average molecular weight is 962 g/mol. The lowest BCUT2D eigenvalue weighted by Gasteiger charge is -2.52. The Morgan fingerprint density at radius 3 is 1.49 bits per heavy atom. The Morgan fingerprint density at radius 1 is 0.384 bits per heavy atom. The molecule has 0 spiro atoms. The number of benzene rings is 7. The molecular weight excluding hydrogens is 882 g/mol. The first-order valence-corrected chi connectivity index (χ1v) is 27.5. The number of anilines is 8. The highest BCUT2D eigenvalue weighted by molar-refractivity contribution is 7.00. The first-order chi connectivity index (χ1) is 34.2. The highest BCUT2D eigenvalue weighted by Crippen LogP contribution is 2.64. The van der Waals surface area contributed by atoms with Gasteiger partial charge in [0.2, 0.25) is 0 Å². The van der Waals surface area contributed by atoms with Gasteiger partial charge in [-0.15, -0.1) is 0 Å². The summed E-state index contributed by atoms with van der Waals surface area (Å²) in [6.45, 7) is 37.9. The van der Waals surface area contributed by atoms with Crippen LogP contribution in [0.3, 0.4) is 0 Å². The fraction of sp³-hybridized carbons (Fsp3) is 0.391. The van der Waals surface area contributed by atoms with Crippen LogP contribution in [0.5, 0.6) is 0 Å². The van der Waals surface area contributed by atoms with Crippen molar-refractivity contribution in [3.8, 4) is 0 Å². The molecule has 2 atom stereocenters. The number of hydrogen-bond donors (Lipinski definition) is 0. The standard InChI is InChI=1S/C69H80BN3/c1-63(2,3)45-27-31-51(32-28-45)71-59-44-53(73-57-36-30-48(65(7,8)9)40-54(57)69(46-23-18-17-19-24-46)38-21-20-37-68(69,73)16)33-35-56(59)70-55-34-29-49(66(10,11)12)41-58(55)72(52-26-22-25-47(39-52)64(4,5)6)61-43-50(67(13,14)15)42-60(71)62(61)70/h17-19,22-36,39-44H,20-21,37-38H2,1-16H3. The topological polar surface area (TPSA) is 9.72 Å². The molecule has 0 radical (unpaired) electrons. The van der Waals surface area contributed by atoms with E-state index in [1.54, 1.807) is 0 Å². The lowest BCUT2D eigenvalue weighted by Crippen LogP contribution is -2.61. The maximum Gasteiger partial charge on any atom is 0.252 e. The molecule has 73 heavy (non-hydrogen) atoms. The lowest BCUT2D eigenvalue weighted by molar-refractivity contribution is 0.215. The summed E-state index contributed by atoms with van der Waals surface area (Å²) in [4.78, 5) is 8.09. The van der Waals surface area contributed by atoms with Crippen LogP contribution in [0.15, 0.2) is 146 Å². The molecule has 3 nitrogen and oxygen atoms in total. The zero-order chi connectivity index (χ0) is 52.0. The van der Waals surface area contributed by atoms with Crippen LogP contribution in [-0.2, 0) is 32.5 Å². The molecule has 4 aliphatic rings. The van der Waals surface area contributed by atoms with Gasteiger partial charge in [-0.2, -0.15) is 0 Å². The van der Waals surface area contributed by atoms with Gasteiger partial charge in [0.1, 0.15) is 0 Å². The van der Waals surface area contributed by atoms with Crippen molar-refractivity contribution in [2.75, 3.05) is 14.7 Å². The molecular formula is C69H80BN3. The zero-order valence-electron chi connectivity index (χ0n) is 47.1. The third-order valence-electron chi connectivity index (χ3n) is 17.7. The summed E-state index contributed by atoms with van der Waals surface area (Å²) in [5.74, 6) is 0. The molecule has 4 heteroatoms. The molecule has 0 bridgehead atoms. The summed E-state index contributed by atoms with van der Waals surface area (Å²) in [6.07, 6.45) is 4.65. The van der Waals surface area contributed by atoms with Gasteiger partial charge in [0.25, 0.3) is 6.71 Å². The van der Waals surface area contributed by atoms with E-state index in [1.165, 1.54) is 114 Å². The number of fused-ring (bicyclic) bond motifs is 7. The van der Waals surface area contributed by atoms with E-state index in [4.69, 9.17) is 0 Å². The molecule has 1 aliphatic carbocycles. The van der Waals surface area contributed by atoms with Crippen LogP contribution in [0, 0.1) is 0 Å². The van der Waals surface area contributed by atoms with Crippen LogP contribution in [0.4, 0.5) is 45.5 Å². The summed E-state index contributed by atoms with van der Waals surface area (Å²) >= 11 is 0. The van der Waals surface area contributed by atoms with E-state index in [0.717, 1.165) is 12.8 Å². The Labute approximate surface area is 440 Å². The summed E-state index contributed by atoms with van der Waals surface area (Å²) in [7, 11) is 0. The average Bonchev–Trinajstić information content (AvgIpc) is 3.57. The van der Waals surface area contributed by atoms with E-state index >= 15 is 0 Å². The normalized spacial score (nSPS) is 19.6. The Balaban J connectivity index is 1.22. The van der Waals surface area contributed by atoms with E-state index in [2.05, 4.69) is 271 Å². The second kappa shape index (κ2) is 16.5. The minimum atomic E-state index is -0.207. The smallest absolute Gasteiger partial charge is 0.252 e. The van der Waals surface area contributed by atoms with Crippen molar-refractivity contribution in [3.63, 3.8) is 0 Å². The van der Waals surface area contributed by atoms with Gasteiger partial charge in [-0.05, 0) is 163 Å². The highest BCUT2D eigenvalue weighted by atomic mass is 15.3. The van der Waals surface area contributed by atoms with Crippen LogP contribution < -0.4 is 31.1 Å². The molecule has 2 unspecified atom stereocenters. The summed E-state index contributed by atoms with van der Waals surface area (Å²) in [5.41, 5.74) is 23.3. The van der Waals surface area contributed by atoms with E-state index in [0.29, 0.717) is 0 Å². The lowest BCUT2D eigenvalue weighted by atomic mass is 9.33. The molecule has 0 saturated heterocycles. The number of rotatable bonds is 4. The van der Waals surface area contributed by atoms with Gasteiger partial charge in [-0.25, -0.2) is 0 Å². The minimum Gasteiger partial charge on any atom is -0.334 e. The van der Waals surface area contributed by atoms with Crippen LogP contribution >= 0.6 is 0 Å². The number of nitrogens with zero attached hydrogens (tertiary/aromatic N) is 3. The molecule has 1 saturated carbocycles. The number of hydrogen-bond acceptors (Lipinski definition) is 3. The van der Waals surface area contributed by atoms with Crippen molar-refractivity contribution >= 4 is 68.6 Å². The largest absolute Gasteiger partial charge is 0.334 e. The van der Waals surface area contributed by atoms with Crippen molar-refractivity contribution in [2.45, 2.75) is 174 Å². The minimum absolute atomic E-state index is 0.00752. The maximum atomic E-state index is 2.81. The van der Waals surface area contributed by atoms with Crippen molar-refractivity contribution in [2.24, 2.45) is 0 Å². The maximum absolute atomic E-state index is 2.81. The predicted octanol–water partition coefficient (Wildman–Crippen LogP) is 17.0. The van der Waals surface area contributed by atoms with E-state index < -0.39 is 0 Å². The molecule has 0 amide bonds. The predicted molar refractivity (Wildman–Crippen MR) is 317 cm³/mol. The molecule has 0 N–H and O–H groups in total. The molecule has 7 aromatic rings. The molecule has 3 heterocycles. The summed E-state index contributed by atoms with van der Waals surface area (Å²) in [6, 6.07) is 58.2. The van der Waals surface area contributed by atoms with Crippen LogP contribution in [0.25, 0.3) is 0 Å². The summed E-state index contributed by atoms with van der Waals surface area (Å²) in [5, 5.41) is 0. The van der Waals surface area contributed by atoms with E-state index in [1.807, 2.05) is 0 Å². The highest BCUT2D eigenvalue weighted by Gasteiger charge is 2.61. The van der Waals surface area contributed by atoms with Crippen molar-refractivity contribution in [1.82, 2.24) is 0 Å². The van der Waals surface area contributed by atoms with Gasteiger partial charge in [0, 0.05) is 50.9 Å². The molecule has 1 fully saturated rings. The van der Waals surface area contributed by atoms with Gasteiger partial charge in [0.15, 0.2) is 0 Å². The van der Waals surface area contributed by atoms with E-state index in [9.17, 15) is 0 Å². The van der Waals surface area contributed by atoms with Crippen LogP contribution in [0.2, 0.25) is 0 Å². The SMILES string of the molecule is CC(C)(C)c1ccc(N2c3cc(N4c5ccc(C(C)(C)C)cc5C5(c6ccccc6)CCCCC45C)ccc3B3c4ccc(C(C)(C)C)cc4N(c4cccc(C(C)(C)C)c4)c4cc(C(C)(C)C)cc2c43)cc1. The van der Waals surface area contributed by atoms with Gasteiger partial charge in [-0.1, -0.05) is 202 Å². The molecule has 0 aromatic heterocycles. The molecule has 11 rings (SSSR count). The Bertz CT molecular complexity index is 3290. The Hall–Kier alpha value is -6.00. The molecule has 7 aromatic carbocycles. The van der Waals surface area contributed by atoms with Crippen molar-refractivity contribution < 1.29 is 0 Å². The third-order valence-corrected chi connectivity index (χ3v) is 17.7. The van der Waals surface area contributed by atoms with E-state index in [-0.39, 0.29) is 44.7 Å². The van der Waals surface area contributed by atoms with Crippen molar-refractivity contribution in [3.05, 3.63) is 185 Å². The Morgan fingerprint density at radius 2 is 0.877 bits per heavy atom. The monoisotopic (exact) mass is 962 g/mol. The fourth-order valence-electron chi connectivity index (χ4n) is 13.4. The molecule has 374 valence electrons. The first-order valence-electron chi connectivity index (χ1n) is 27.5. The zero-order valence-corrected chi connectivity index (χ0v) is 47.1. The first kappa shape index (κ1) is 49.2. The fourth-order valence-corrected chi connectivity index (χ4v) is 13.4. The quantitative estimate of drug-likeness (QED) is 0.163. The second-order valence-corrected chi connectivity index (χ2v) is 27.7. The third kappa shape index (κ3) is 7.73. The Kier molecular flexibility index (Phi) is 11.1. The second-order valence-electron chi connectivity index (χ2n) is 27.7. The van der Waals surface area contributed by atoms with Crippen molar-refractivity contribution in [1.29, 1.82) is 0 Å². The van der Waals surface area contributed by atoms with Crippen LogP contribution in [0.1, 0.15) is 175 Å². The van der Waals surface area contributed by atoms with Gasteiger partial charge in [0.05, 0.1) is 5.54 Å². The summed E-state index contributed by atoms with van der Waals surface area (Å²) < 4.78 is 0. The van der Waals surface area contributed by atoms with Crippen LogP contribution in [-0.4, -0.2) is 12.3 Å². The van der Waals surface area contributed by atoms with Gasteiger partial charge >= 0.3 is 0 Å². The van der Waals surface area contributed by atoms with Gasteiger partial charge < -0.3 is 14.7 Å². The molecule has 3 aliphatic heterocycles. The van der Waals surface area contributed by atoms with Gasteiger partial charge in [-0.3, -0.25) is 0 Å².